The molecule has 0 heterocycles. The molecule has 0 aromatic heterocycles. The van der Waals surface area contributed by atoms with E-state index in [1.54, 1.807) is 0 Å². The summed E-state index contributed by atoms with van der Waals surface area (Å²) >= 11 is 1.31. The quantitative estimate of drug-likeness (QED) is 0.672. The first kappa shape index (κ1) is 16.5. The topological polar surface area (TPSA) is 63.2 Å². The highest BCUT2D eigenvalue weighted by atomic mass is 32.2. The molecule has 7 heteroatoms. The van der Waals surface area contributed by atoms with E-state index in [9.17, 15) is 17.6 Å². The highest BCUT2D eigenvalue weighted by molar-refractivity contribution is 8.00. The van der Waals surface area contributed by atoms with Crippen LogP contribution in [0.4, 0.5) is 10.1 Å². The molecule has 0 bridgehead atoms. The number of anilines is 1. The molecule has 4 nitrogen and oxygen atoms in total. The van der Waals surface area contributed by atoms with Crippen LogP contribution in [0.15, 0.2) is 58.3 Å². The van der Waals surface area contributed by atoms with Crippen molar-refractivity contribution >= 4 is 33.2 Å². The van der Waals surface area contributed by atoms with Gasteiger partial charge in [-0.3, -0.25) is 4.79 Å². The molecule has 0 atom stereocenters. The van der Waals surface area contributed by atoms with E-state index in [1.165, 1.54) is 17.8 Å². The van der Waals surface area contributed by atoms with Crippen molar-refractivity contribution in [2.75, 3.05) is 17.3 Å². The smallest absolute Gasteiger partial charge is 0.234 e. The van der Waals surface area contributed by atoms with Crippen molar-refractivity contribution in [3.05, 3.63) is 54.3 Å². The number of nitrogens with one attached hydrogen (secondary N) is 1. The maximum absolute atomic E-state index is 13.7. The van der Waals surface area contributed by atoms with E-state index in [0.717, 1.165) is 23.3 Å². The molecule has 1 N–H and O–H groups in total. The predicted molar refractivity (Wildman–Crippen MR) is 85.3 cm³/mol. The Bertz CT molecular complexity index is 777. The Labute approximate surface area is 132 Å². The molecule has 0 unspecified atom stereocenters. The summed E-state index contributed by atoms with van der Waals surface area (Å²) in [5.41, 5.74) is -0.137. The van der Waals surface area contributed by atoms with E-state index in [4.69, 9.17) is 0 Å². The predicted octanol–water partition coefficient (Wildman–Crippen LogP) is 2.96. The third-order valence-electron chi connectivity index (χ3n) is 2.75. The van der Waals surface area contributed by atoms with Crippen molar-refractivity contribution in [2.24, 2.45) is 0 Å². The van der Waals surface area contributed by atoms with Crippen LogP contribution in [0, 0.1) is 5.82 Å². The van der Waals surface area contributed by atoms with Crippen LogP contribution in [0.1, 0.15) is 0 Å². The zero-order valence-corrected chi connectivity index (χ0v) is 13.4. The van der Waals surface area contributed by atoms with Crippen LogP contribution in [0.25, 0.3) is 0 Å². The van der Waals surface area contributed by atoms with Gasteiger partial charge >= 0.3 is 0 Å². The maximum Gasteiger partial charge on any atom is 0.234 e. The summed E-state index contributed by atoms with van der Waals surface area (Å²) in [6.07, 6.45) is 1.02. The minimum absolute atomic E-state index is 0.0417. The van der Waals surface area contributed by atoms with Crippen LogP contribution < -0.4 is 5.32 Å². The Morgan fingerprint density at radius 1 is 1.18 bits per heavy atom. The number of hydrogen-bond donors (Lipinski definition) is 1. The summed E-state index contributed by atoms with van der Waals surface area (Å²) in [4.78, 5) is 12.7. The fourth-order valence-corrected chi connectivity index (χ4v) is 3.05. The van der Waals surface area contributed by atoms with Crippen molar-refractivity contribution in [3.8, 4) is 0 Å². The molecular formula is C15H14FNO3S2. The second-order valence-corrected chi connectivity index (χ2v) is 7.63. The summed E-state index contributed by atoms with van der Waals surface area (Å²) in [6, 6.07) is 12.6. The highest BCUT2D eigenvalue weighted by Crippen LogP contribution is 2.21. The fraction of sp³-hybridized carbons (Fsp3) is 0.133. The Balaban J connectivity index is 2.05. The number of halogens is 1. The third kappa shape index (κ3) is 4.57. The van der Waals surface area contributed by atoms with Gasteiger partial charge in [-0.05, 0) is 30.3 Å². The van der Waals surface area contributed by atoms with Crippen LogP contribution >= 0.6 is 11.8 Å². The summed E-state index contributed by atoms with van der Waals surface area (Å²) in [6.45, 7) is 0. The zero-order valence-electron chi connectivity index (χ0n) is 11.7. The second-order valence-electron chi connectivity index (χ2n) is 4.56. The van der Waals surface area contributed by atoms with Crippen LogP contribution in [0.5, 0.6) is 0 Å². The summed E-state index contributed by atoms with van der Waals surface area (Å²) < 4.78 is 36.6. The standard InChI is InChI=1S/C15H14FNO3S2/c1-22(19,20)12-7-8-13(16)14(9-12)17-15(18)10-21-11-5-3-2-4-6-11/h2-9H,10H2,1H3,(H,17,18). The van der Waals surface area contributed by atoms with Gasteiger partial charge in [-0.25, -0.2) is 12.8 Å². The number of thioether (sulfide) groups is 1. The molecule has 0 aliphatic rings. The van der Waals surface area contributed by atoms with E-state index >= 15 is 0 Å². The average Bonchev–Trinajstić information content (AvgIpc) is 2.47. The van der Waals surface area contributed by atoms with Gasteiger partial charge in [-0.2, -0.15) is 0 Å². The molecule has 22 heavy (non-hydrogen) atoms. The molecule has 0 radical (unpaired) electrons. The van der Waals surface area contributed by atoms with Gasteiger partial charge in [0.25, 0.3) is 0 Å². The van der Waals surface area contributed by atoms with Gasteiger partial charge in [0.2, 0.25) is 5.91 Å². The second kappa shape index (κ2) is 6.93. The molecular weight excluding hydrogens is 325 g/mol. The van der Waals surface area contributed by atoms with E-state index in [2.05, 4.69) is 5.32 Å². The first-order chi connectivity index (χ1) is 10.4. The molecule has 1 amide bonds. The van der Waals surface area contributed by atoms with Crippen LogP contribution in [0.2, 0.25) is 0 Å². The van der Waals surface area contributed by atoms with Gasteiger partial charge in [0.05, 0.1) is 16.3 Å². The molecule has 2 aromatic rings. The van der Waals surface area contributed by atoms with Crippen molar-refractivity contribution in [1.29, 1.82) is 0 Å². The first-order valence-electron chi connectivity index (χ1n) is 6.33. The highest BCUT2D eigenvalue weighted by Gasteiger charge is 2.13. The maximum atomic E-state index is 13.7. The number of amides is 1. The normalized spacial score (nSPS) is 11.2. The van der Waals surface area contributed by atoms with Crippen LogP contribution in [-0.2, 0) is 14.6 Å². The van der Waals surface area contributed by atoms with Crippen molar-refractivity contribution in [2.45, 2.75) is 9.79 Å². The number of carbonyl (C=O) groups excluding carboxylic acids is 1. The lowest BCUT2D eigenvalue weighted by atomic mass is 10.3. The lowest BCUT2D eigenvalue weighted by molar-refractivity contribution is -0.113. The molecule has 0 fully saturated rings. The van der Waals surface area contributed by atoms with Gasteiger partial charge < -0.3 is 5.32 Å². The largest absolute Gasteiger partial charge is 0.323 e. The van der Waals surface area contributed by atoms with Crippen molar-refractivity contribution in [3.63, 3.8) is 0 Å². The molecule has 2 rings (SSSR count). The number of benzene rings is 2. The van der Waals surface area contributed by atoms with Gasteiger partial charge in [0.15, 0.2) is 9.84 Å². The number of sulfone groups is 1. The van der Waals surface area contributed by atoms with Gasteiger partial charge in [0, 0.05) is 11.2 Å². The number of carbonyl (C=O) groups is 1. The lowest BCUT2D eigenvalue weighted by Crippen LogP contribution is -2.15. The van der Waals surface area contributed by atoms with Gasteiger partial charge in [-0.1, -0.05) is 18.2 Å². The summed E-state index contributed by atoms with van der Waals surface area (Å²) in [5.74, 6) is -0.976. The summed E-state index contributed by atoms with van der Waals surface area (Å²) in [7, 11) is -3.46. The zero-order chi connectivity index (χ0) is 16.2. The Morgan fingerprint density at radius 2 is 1.86 bits per heavy atom. The van der Waals surface area contributed by atoms with E-state index < -0.39 is 21.6 Å². The number of hydrogen-bond acceptors (Lipinski definition) is 4. The Morgan fingerprint density at radius 3 is 2.50 bits per heavy atom. The van der Waals surface area contributed by atoms with Gasteiger partial charge in [0.1, 0.15) is 5.82 Å². The minimum Gasteiger partial charge on any atom is -0.323 e. The summed E-state index contributed by atoms with van der Waals surface area (Å²) in [5, 5.41) is 2.39. The van der Waals surface area contributed by atoms with Crippen molar-refractivity contribution < 1.29 is 17.6 Å². The monoisotopic (exact) mass is 339 g/mol. The molecule has 0 aliphatic heterocycles. The van der Waals surface area contributed by atoms with Crippen LogP contribution in [0.3, 0.4) is 0 Å². The van der Waals surface area contributed by atoms with Gasteiger partial charge in [-0.15, -0.1) is 11.8 Å². The molecule has 2 aromatic carbocycles. The molecule has 0 saturated carbocycles. The van der Waals surface area contributed by atoms with E-state index in [1.807, 2.05) is 30.3 Å². The lowest BCUT2D eigenvalue weighted by Gasteiger charge is -2.08. The number of rotatable bonds is 5. The van der Waals surface area contributed by atoms with E-state index in [0.29, 0.717) is 0 Å². The minimum atomic E-state index is -3.46. The van der Waals surface area contributed by atoms with Crippen LogP contribution in [-0.4, -0.2) is 26.3 Å². The molecule has 0 spiro atoms. The molecule has 0 aliphatic carbocycles. The molecule has 116 valence electrons. The molecule has 0 saturated heterocycles. The average molecular weight is 339 g/mol. The first-order valence-corrected chi connectivity index (χ1v) is 9.21. The fourth-order valence-electron chi connectivity index (χ4n) is 1.68. The van der Waals surface area contributed by atoms with E-state index in [-0.39, 0.29) is 16.3 Å². The Kier molecular flexibility index (Phi) is 5.20. The van der Waals surface area contributed by atoms with Crippen molar-refractivity contribution in [1.82, 2.24) is 0 Å². The Hall–Kier alpha value is -1.86. The third-order valence-corrected chi connectivity index (χ3v) is 4.88. The SMILES string of the molecule is CS(=O)(=O)c1ccc(F)c(NC(=O)CSc2ccccc2)c1.